The smallest absolute Gasteiger partial charge is 0.410 e. The van der Waals surface area contributed by atoms with Crippen LogP contribution in [-0.4, -0.2) is 49.6 Å². The molecule has 0 bridgehead atoms. The lowest BCUT2D eigenvalue weighted by atomic mass is 9.97. The average Bonchev–Trinajstić information content (AvgIpc) is 2.79. The van der Waals surface area contributed by atoms with Gasteiger partial charge in [-0.25, -0.2) is 29.1 Å². The summed E-state index contributed by atoms with van der Waals surface area (Å²) in [6.07, 6.45) is 5.17. The van der Waals surface area contributed by atoms with Gasteiger partial charge in [0.2, 0.25) is 5.28 Å². The minimum atomic E-state index is -0.581. The number of hydrogen-bond donors (Lipinski definition) is 0. The van der Waals surface area contributed by atoms with Crippen LogP contribution in [-0.2, 0) is 4.74 Å². The number of carbonyl (C=O) groups excluding carboxylic acids is 1. The van der Waals surface area contributed by atoms with Gasteiger partial charge in [0.05, 0.1) is 5.69 Å². The molecule has 1 aliphatic rings. The molecular formula is C25H25ClFN5O3. The summed E-state index contributed by atoms with van der Waals surface area (Å²) < 4.78 is 25.9. The lowest BCUT2D eigenvalue weighted by molar-refractivity contribution is 0.0270. The van der Waals surface area contributed by atoms with Crippen molar-refractivity contribution in [3.05, 3.63) is 65.2 Å². The Morgan fingerprint density at radius 3 is 2.63 bits per heavy atom. The molecule has 1 aliphatic heterocycles. The number of rotatable bonds is 4. The van der Waals surface area contributed by atoms with Gasteiger partial charge in [-0.1, -0.05) is 12.1 Å². The molecule has 1 aromatic carbocycles. The first kappa shape index (κ1) is 24.5. The molecule has 0 fully saturated rings. The number of amides is 1. The van der Waals surface area contributed by atoms with Gasteiger partial charge < -0.3 is 14.4 Å². The highest BCUT2D eigenvalue weighted by atomic mass is 35.5. The Balaban J connectivity index is 1.58. The number of nitrogens with zero attached hydrogens (tertiary/aromatic N) is 5. The third kappa shape index (κ3) is 6.10. The fourth-order valence-electron chi connectivity index (χ4n) is 3.52. The van der Waals surface area contributed by atoms with Gasteiger partial charge >= 0.3 is 12.1 Å². The summed E-state index contributed by atoms with van der Waals surface area (Å²) in [7, 11) is 0. The third-order valence-corrected chi connectivity index (χ3v) is 5.32. The van der Waals surface area contributed by atoms with Gasteiger partial charge in [-0.05, 0) is 75.1 Å². The minimum Gasteiger partial charge on any atom is -0.444 e. The number of carbonyl (C=O) groups is 1. The second-order valence-electron chi connectivity index (χ2n) is 9.03. The van der Waals surface area contributed by atoms with Gasteiger partial charge in [-0.15, -0.1) is 0 Å². The molecule has 0 unspecified atom stereocenters. The quantitative estimate of drug-likeness (QED) is 0.417. The third-order valence-electron chi connectivity index (χ3n) is 5.14. The van der Waals surface area contributed by atoms with Crippen molar-refractivity contribution in [1.29, 1.82) is 0 Å². The molecular weight excluding hydrogens is 473 g/mol. The lowest BCUT2D eigenvalue weighted by Gasteiger charge is -2.29. The maximum absolute atomic E-state index is 14.9. The Morgan fingerprint density at radius 2 is 1.97 bits per heavy atom. The summed E-state index contributed by atoms with van der Waals surface area (Å²) in [4.78, 5) is 30.6. The Bertz CT molecular complexity index is 1290. The number of aromatic nitrogens is 4. The van der Waals surface area contributed by atoms with Gasteiger partial charge in [0.25, 0.3) is 0 Å². The molecule has 0 saturated carbocycles. The molecule has 0 radical (unpaired) electrons. The molecule has 35 heavy (non-hydrogen) atoms. The van der Waals surface area contributed by atoms with Crippen LogP contribution in [0.25, 0.3) is 16.7 Å². The van der Waals surface area contributed by atoms with Gasteiger partial charge in [0.1, 0.15) is 5.60 Å². The second kappa shape index (κ2) is 9.95. The predicted molar refractivity (Wildman–Crippen MR) is 130 cm³/mol. The maximum atomic E-state index is 14.9. The zero-order valence-electron chi connectivity index (χ0n) is 19.9. The average molecular weight is 498 g/mol. The van der Waals surface area contributed by atoms with Crippen molar-refractivity contribution in [2.75, 3.05) is 13.1 Å². The minimum absolute atomic E-state index is 0.000617. The number of ether oxygens (including phenoxy) is 2. The molecule has 0 N–H and O–H groups in total. The number of benzene rings is 1. The number of hydrogen-bond acceptors (Lipinski definition) is 7. The van der Waals surface area contributed by atoms with E-state index in [0.717, 1.165) is 5.57 Å². The van der Waals surface area contributed by atoms with E-state index in [0.29, 0.717) is 42.0 Å². The van der Waals surface area contributed by atoms with E-state index in [1.807, 2.05) is 26.8 Å². The second-order valence-corrected chi connectivity index (χ2v) is 9.37. The summed E-state index contributed by atoms with van der Waals surface area (Å²) in [5.74, 6) is -0.581. The monoisotopic (exact) mass is 497 g/mol. The molecule has 0 saturated heterocycles. The topological polar surface area (TPSA) is 90.3 Å². The van der Waals surface area contributed by atoms with E-state index < -0.39 is 11.4 Å². The van der Waals surface area contributed by atoms with Crippen molar-refractivity contribution in [3.8, 4) is 22.9 Å². The zero-order valence-corrected chi connectivity index (χ0v) is 20.6. The summed E-state index contributed by atoms with van der Waals surface area (Å²) >= 11 is 6.09. The van der Waals surface area contributed by atoms with Crippen molar-refractivity contribution in [1.82, 2.24) is 24.8 Å². The largest absolute Gasteiger partial charge is 0.444 e. The standard InChI is InChI=1S/C25H25ClFN5O3/c1-15-7-10-28-23(30-15)34-20-6-5-17(13-19(20)27)18-14-29-22(26)31-21(18)16-8-11-32(12-9-16)24(33)35-25(2,3)4/h5-8,10,13-14H,9,11-12H2,1-4H3. The molecule has 0 aliphatic carbocycles. The predicted octanol–water partition coefficient (Wildman–Crippen LogP) is 5.85. The van der Waals surface area contributed by atoms with Gasteiger partial charge in [0.15, 0.2) is 11.6 Å². The normalized spacial score (nSPS) is 13.9. The molecule has 0 atom stereocenters. The van der Waals surface area contributed by atoms with E-state index in [1.165, 1.54) is 12.1 Å². The molecule has 8 nitrogen and oxygen atoms in total. The lowest BCUT2D eigenvalue weighted by Crippen LogP contribution is -2.39. The Labute approximate surface area is 207 Å². The molecule has 1 amide bonds. The van der Waals surface area contributed by atoms with Crippen molar-refractivity contribution >= 4 is 23.3 Å². The molecule has 182 valence electrons. The van der Waals surface area contributed by atoms with Crippen LogP contribution < -0.4 is 4.74 Å². The highest BCUT2D eigenvalue weighted by molar-refractivity contribution is 6.28. The van der Waals surface area contributed by atoms with Crippen LogP contribution in [0.2, 0.25) is 5.28 Å². The maximum Gasteiger partial charge on any atom is 0.410 e. The fourth-order valence-corrected chi connectivity index (χ4v) is 3.65. The highest BCUT2D eigenvalue weighted by Crippen LogP contribution is 2.34. The van der Waals surface area contributed by atoms with E-state index in [2.05, 4.69) is 19.9 Å². The summed E-state index contributed by atoms with van der Waals surface area (Å²) in [6, 6.07) is 6.35. The van der Waals surface area contributed by atoms with Gasteiger partial charge in [-0.3, -0.25) is 0 Å². The van der Waals surface area contributed by atoms with E-state index in [4.69, 9.17) is 21.1 Å². The first-order valence-corrected chi connectivity index (χ1v) is 11.4. The number of aryl methyl sites for hydroxylation is 1. The van der Waals surface area contributed by atoms with Crippen molar-refractivity contribution in [2.24, 2.45) is 0 Å². The van der Waals surface area contributed by atoms with E-state index >= 15 is 0 Å². The van der Waals surface area contributed by atoms with Crippen LogP contribution in [0.3, 0.4) is 0 Å². The first-order valence-electron chi connectivity index (χ1n) is 11.1. The Morgan fingerprint density at radius 1 is 1.17 bits per heavy atom. The first-order chi connectivity index (χ1) is 16.6. The summed E-state index contributed by atoms with van der Waals surface area (Å²) in [5.41, 5.74) is 2.79. The van der Waals surface area contributed by atoms with Crippen LogP contribution in [0.1, 0.15) is 38.6 Å². The zero-order chi connectivity index (χ0) is 25.2. The van der Waals surface area contributed by atoms with Crippen LogP contribution in [0.5, 0.6) is 11.8 Å². The van der Waals surface area contributed by atoms with Crippen LogP contribution in [0.15, 0.2) is 42.7 Å². The molecule has 10 heteroatoms. The van der Waals surface area contributed by atoms with Crippen molar-refractivity contribution < 1.29 is 18.7 Å². The summed E-state index contributed by atoms with van der Waals surface area (Å²) in [5, 5.41) is 0.0799. The molecule has 4 rings (SSSR count). The van der Waals surface area contributed by atoms with Crippen LogP contribution >= 0.6 is 11.6 Å². The van der Waals surface area contributed by atoms with E-state index in [-0.39, 0.29) is 23.1 Å². The molecule has 3 aromatic rings. The molecule has 2 aromatic heterocycles. The highest BCUT2D eigenvalue weighted by Gasteiger charge is 2.25. The van der Waals surface area contributed by atoms with Gasteiger partial charge in [0, 0.05) is 36.7 Å². The van der Waals surface area contributed by atoms with Crippen molar-refractivity contribution in [2.45, 2.75) is 39.7 Å². The van der Waals surface area contributed by atoms with Crippen LogP contribution in [0, 0.1) is 12.7 Å². The Hall–Kier alpha value is -3.59. The van der Waals surface area contributed by atoms with E-state index in [1.54, 1.807) is 36.4 Å². The van der Waals surface area contributed by atoms with Crippen molar-refractivity contribution in [3.63, 3.8) is 0 Å². The van der Waals surface area contributed by atoms with Gasteiger partial charge in [-0.2, -0.15) is 0 Å². The number of halogens is 2. The Kier molecular flexibility index (Phi) is 6.98. The molecule has 3 heterocycles. The summed E-state index contributed by atoms with van der Waals surface area (Å²) in [6.45, 7) is 8.10. The van der Waals surface area contributed by atoms with E-state index in [9.17, 15) is 9.18 Å². The molecule has 0 spiro atoms. The van der Waals surface area contributed by atoms with Crippen LogP contribution in [0.4, 0.5) is 9.18 Å². The SMILES string of the molecule is Cc1ccnc(Oc2ccc(-c3cnc(Cl)nc3C3=CCN(C(=O)OC(C)(C)C)CC3)cc2F)n1. The fraction of sp³-hybridized carbons (Fsp3) is 0.320.